The summed E-state index contributed by atoms with van der Waals surface area (Å²) in [5, 5.41) is 0. The number of nitrogens with two attached hydrogens (primary N) is 1. The van der Waals surface area contributed by atoms with E-state index >= 15 is 0 Å². The van der Waals surface area contributed by atoms with Crippen LogP contribution in [0, 0.1) is 0 Å². The third-order valence-corrected chi connectivity index (χ3v) is 2.24. The van der Waals surface area contributed by atoms with E-state index < -0.39 is 0 Å². The molecule has 1 aromatic rings. The quantitative estimate of drug-likeness (QED) is 0.793. The Morgan fingerprint density at radius 1 is 1.47 bits per heavy atom. The first-order valence-corrected chi connectivity index (χ1v) is 5.15. The molecule has 0 unspecified atom stereocenters. The van der Waals surface area contributed by atoms with E-state index in [2.05, 4.69) is 23.7 Å². The van der Waals surface area contributed by atoms with Crippen LogP contribution in [0.4, 0.5) is 5.82 Å². The van der Waals surface area contributed by atoms with Crippen LogP contribution in [0.25, 0.3) is 0 Å². The molecular weight excluding hydrogens is 190 g/mol. The van der Waals surface area contributed by atoms with Gasteiger partial charge in [0.2, 0.25) is 0 Å². The van der Waals surface area contributed by atoms with Crippen molar-refractivity contribution < 1.29 is 4.74 Å². The van der Waals surface area contributed by atoms with Crippen molar-refractivity contribution in [1.82, 2.24) is 4.98 Å². The van der Waals surface area contributed by atoms with E-state index in [-0.39, 0.29) is 0 Å². The maximum Gasteiger partial charge on any atom is 0.137 e. The van der Waals surface area contributed by atoms with E-state index in [1.807, 2.05) is 12.1 Å². The number of methoxy groups -OCH3 is 1. The fraction of sp³-hybridized carbons (Fsp3) is 0.545. The number of pyridine rings is 1. The molecule has 0 aliphatic carbocycles. The highest BCUT2D eigenvalue weighted by atomic mass is 16.5. The van der Waals surface area contributed by atoms with Crippen molar-refractivity contribution in [2.24, 2.45) is 5.73 Å². The van der Waals surface area contributed by atoms with E-state index in [0.29, 0.717) is 12.6 Å². The van der Waals surface area contributed by atoms with E-state index in [0.717, 1.165) is 18.1 Å². The molecule has 0 fully saturated rings. The van der Waals surface area contributed by atoms with Gasteiger partial charge in [0, 0.05) is 19.1 Å². The number of hydrogen-bond acceptors (Lipinski definition) is 4. The molecule has 0 atom stereocenters. The number of anilines is 1. The largest absolute Gasteiger partial charge is 0.495 e. The Hall–Kier alpha value is -1.29. The van der Waals surface area contributed by atoms with Gasteiger partial charge in [-0.15, -0.1) is 0 Å². The minimum absolute atomic E-state index is 0.398. The van der Waals surface area contributed by atoms with Gasteiger partial charge in [0.05, 0.1) is 13.3 Å². The Balaban J connectivity index is 2.81. The summed E-state index contributed by atoms with van der Waals surface area (Å²) in [6.07, 6.45) is 1.72. The number of hydrogen-bond donors (Lipinski definition) is 1. The molecule has 4 nitrogen and oxygen atoms in total. The van der Waals surface area contributed by atoms with E-state index in [1.165, 1.54) is 0 Å². The summed E-state index contributed by atoms with van der Waals surface area (Å²) in [5.41, 5.74) is 5.57. The number of rotatable bonds is 5. The highest BCUT2D eigenvalue weighted by molar-refractivity contribution is 5.41. The Labute approximate surface area is 91.1 Å². The Morgan fingerprint density at radius 3 is 2.60 bits per heavy atom. The van der Waals surface area contributed by atoms with Gasteiger partial charge < -0.3 is 15.4 Å². The summed E-state index contributed by atoms with van der Waals surface area (Å²) in [6.45, 7) is 5.70. The summed E-state index contributed by atoms with van der Waals surface area (Å²) in [5.74, 6) is 1.71. The van der Waals surface area contributed by atoms with Crippen molar-refractivity contribution in [3.63, 3.8) is 0 Å². The lowest BCUT2D eigenvalue weighted by Crippen LogP contribution is -2.35. The van der Waals surface area contributed by atoms with E-state index in [4.69, 9.17) is 10.5 Å². The van der Waals surface area contributed by atoms with Crippen LogP contribution in [-0.4, -0.2) is 31.2 Å². The van der Waals surface area contributed by atoms with Crippen LogP contribution in [0.15, 0.2) is 18.3 Å². The van der Waals surface area contributed by atoms with Gasteiger partial charge in [-0.05, 0) is 26.0 Å². The summed E-state index contributed by atoms with van der Waals surface area (Å²) >= 11 is 0. The molecule has 0 amide bonds. The maximum atomic E-state index is 5.57. The van der Waals surface area contributed by atoms with Crippen molar-refractivity contribution in [3.05, 3.63) is 18.3 Å². The van der Waals surface area contributed by atoms with Gasteiger partial charge in [0.25, 0.3) is 0 Å². The predicted molar refractivity (Wildman–Crippen MR) is 62.3 cm³/mol. The monoisotopic (exact) mass is 209 g/mol. The SMILES string of the molecule is COc1ccc(N(CCN)C(C)C)nc1. The first-order valence-electron chi connectivity index (χ1n) is 5.15. The minimum atomic E-state index is 0.398. The number of ether oxygens (including phenoxy) is 1. The highest BCUT2D eigenvalue weighted by Crippen LogP contribution is 2.16. The van der Waals surface area contributed by atoms with Gasteiger partial charge in [0.1, 0.15) is 11.6 Å². The van der Waals surface area contributed by atoms with Crippen molar-refractivity contribution in [1.29, 1.82) is 0 Å². The standard InChI is InChI=1S/C11H19N3O/c1-9(2)14(7-6-12)11-5-4-10(15-3)8-13-11/h4-5,8-9H,6-7,12H2,1-3H3. The molecule has 0 radical (unpaired) electrons. The van der Waals surface area contributed by atoms with E-state index in [9.17, 15) is 0 Å². The summed E-state index contributed by atoms with van der Waals surface area (Å²) in [6, 6.07) is 4.26. The fourth-order valence-corrected chi connectivity index (χ4v) is 1.44. The molecule has 1 aromatic heterocycles. The van der Waals surface area contributed by atoms with Crippen molar-refractivity contribution >= 4 is 5.82 Å². The Bertz CT molecular complexity index is 284. The van der Waals surface area contributed by atoms with Crippen LogP contribution in [0.5, 0.6) is 5.75 Å². The zero-order valence-electron chi connectivity index (χ0n) is 9.60. The first kappa shape index (κ1) is 11.8. The van der Waals surface area contributed by atoms with Crippen LogP contribution < -0.4 is 15.4 Å². The second-order valence-electron chi connectivity index (χ2n) is 3.63. The van der Waals surface area contributed by atoms with Crippen LogP contribution >= 0.6 is 0 Å². The van der Waals surface area contributed by atoms with Crippen LogP contribution in [0.1, 0.15) is 13.8 Å². The lowest BCUT2D eigenvalue weighted by molar-refractivity contribution is 0.413. The molecular formula is C11H19N3O. The third kappa shape index (κ3) is 3.09. The Kier molecular flexibility index (Phi) is 4.37. The molecule has 15 heavy (non-hydrogen) atoms. The average molecular weight is 209 g/mol. The molecule has 0 bridgehead atoms. The minimum Gasteiger partial charge on any atom is -0.495 e. The maximum absolute atomic E-state index is 5.57. The summed E-state index contributed by atoms with van der Waals surface area (Å²) in [4.78, 5) is 6.50. The third-order valence-electron chi connectivity index (χ3n) is 2.24. The second-order valence-corrected chi connectivity index (χ2v) is 3.63. The van der Waals surface area contributed by atoms with Crippen molar-refractivity contribution in [2.75, 3.05) is 25.1 Å². The zero-order chi connectivity index (χ0) is 11.3. The molecule has 0 saturated heterocycles. The van der Waals surface area contributed by atoms with Crippen molar-refractivity contribution in [2.45, 2.75) is 19.9 Å². The van der Waals surface area contributed by atoms with E-state index in [1.54, 1.807) is 13.3 Å². The van der Waals surface area contributed by atoms with Gasteiger partial charge in [-0.1, -0.05) is 0 Å². The molecule has 4 heteroatoms. The lowest BCUT2D eigenvalue weighted by atomic mass is 10.3. The molecule has 1 rings (SSSR count). The second kappa shape index (κ2) is 5.56. The fourth-order valence-electron chi connectivity index (χ4n) is 1.44. The molecule has 0 saturated carbocycles. The van der Waals surface area contributed by atoms with Gasteiger partial charge in [-0.3, -0.25) is 0 Å². The topological polar surface area (TPSA) is 51.4 Å². The molecule has 1 heterocycles. The number of nitrogens with zero attached hydrogens (tertiary/aromatic N) is 2. The average Bonchev–Trinajstić information content (AvgIpc) is 2.26. The number of aromatic nitrogens is 1. The smallest absolute Gasteiger partial charge is 0.137 e. The summed E-state index contributed by atoms with van der Waals surface area (Å²) in [7, 11) is 1.64. The van der Waals surface area contributed by atoms with Crippen LogP contribution in [0.3, 0.4) is 0 Å². The van der Waals surface area contributed by atoms with Crippen LogP contribution in [0.2, 0.25) is 0 Å². The zero-order valence-corrected chi connectivity index (χ0v) is 9.60. The molecule has 0 aliphatic rings. The molecule has 0 aliphatic heterocycles. The van der Waals surface area contributed by atoms with Gasteiger partial charge in [0.15, 0.2) is 0 Å². The first-order chi connectivity index (χ1) is 7.19. The highest BCUT2D eigenvalue weighted by Gasteiger charge is 2.10. The predicted octanol–water partition coefficient (Wildman–Crippen LogP) is 1.26. The molecule has 0 spiro atoms. The molecule has 2 N–H and O–H groups in total. The normalized spacial score (nSPS) is 10.5. The summed E-state index contributed by atoms with van der Waals surface area (Å²) < 4.78 is 5.06. The van der Waals surface area contributed by atoms with Gasteiger partial charge in [-0.25, -0.2) is 4.98 Å². The molecule has 84 valence electrons. The van der Waals surface area contributed by atoms with Gasteiger partial charge >= 0.3 is 0 Å². The Morgan fingerprint density at radius 2 is 2.20 bits per heavy atom. The molecule has 0 aromatic carbocycles. The van der Waals surface area contributed by atoms with Gasteiger partial charge in [-0.2, -0.15) is 0 Å². The van der Waals surface area contributed by atoms with Crippen molar-refractivity contribution in [3.8, 4) is 5.75 Å². The lowest BCUT2D eigenvalue weighted by Gasteiger charge is -2.27. The van der Waals surface area contributed by atoms with Crippen LogP contribution in [-0.2, 0) is 0 Å².